The van der Waals surface area contributed by atoms with Crippen LogP contribution in [-0.4, -0.2) is 44.6 Å². The molecular formula is C12H20N2PdS4. The molecule has 0 N–H and O–H groups in total. The second-order valence-electron chi connectivity index (χ2n) is 4.63. The van der Waals surface area contributed by atoms with Crippen LogP contribution in [0.15, 0.2) is 0 Å². The van der Waals surface area contributed by atoms with Crippen LogP contribution >= 0.6 is 24.4 Å². The molecule has 0 atom stereocenters. The van der Waals surface area contributed by atoms with Crippen molar-refractivity contribution in [1.82, 2.24) is 9.80 Å². The molecule has 2 fully saturated rings. The van der Waals surface area contributed by atoms with Crippen molar-refractivity contribution in [2.24, 2.45) is 0 Å². The summed E-state index contributed by atoms with van der Waals surface area (Å²) in [6.07, 6.45) is 7.73. The number of rotatable bonds is 0. The van der Waals surface area contributed by atoms with Crippen LogP contribution in [-0.2, 0) is 45.7 Å². The molecule has 0 aliphatic carbocycles. The molecule has 7 heteroatoms. The molecule has 0 saturated carbocycles. The van der Waals surface area contributed by atoms with Gasteiger partial charge in [-0.25, -0.2) is 0 Å². The maximum absolute atomic E-state index is 4.86. The molecule has 112 valence electrons. The van der Waals surface area contributed by atoms with Crippen LogP contribution in [0.2, 0.25) is 0 Å². The van der Waals surface area contributed by atoms with Gasteiger partial charge in [-0.3, -0.25) is 0 Å². The molecular weight excluding hydrogens is 407 g/mol. The molecule has 2 nitrogen and oxygen atoms in total. The van der Waals surface area contributed by atoms with Gasteiger partial charge in [0.15, 0.2) is 0 Å². The first-order valence-electron chi connectivity index (χ1n) is 6.53. The second kappa shape index (κ2) is 11.5. The zero-order valence-corrected chi connectivity index (χ0v) is 15.7. The number of thiocarbonyl (C=S) groups is 2. The Balaban J connectivity index is 0.000000324. The molecule has 0 aromatic carbocycles. The van der Waals surface area contributed by atoms with Gasteiger partial charge in [0.2, 0.25) is 0 Å². The molecule has 0 spiro atoms. The quantitative estimate of drug-likeness (QED) is 0.331. The third-order valence-electron chi connectivity index (χ3n) is 3.23. The van der Waals surface area contributed by atoms with Crippen LogP contribution in [0.3, 0.4) is 0 Å². The normalized spacial score (nSPS) is 18.7. The maximum atomic E-state index is 4.86. The minimum atomic E-state index is 0. The Morgan fingerprint density at radius 2 is 0.895 bits per heavy atom. The van der Waals surface area contributed by atoms with E-state index >= 15 is 0 Å². The van der Waals surface area contributed by atoms with Gasteiger partial charge in [0.05, 0.1) is 0 Å². The average Bonchev–Trinajstić information content (AvgIpc) is 2.41. The molecule has 0 aromatic rings. The monoisotopic (exact) mass is 426 g/mol. The Hall–Kier alpha value is 0.882. The van der Waals surface area contributed by atoms with Gasteiger partial charge in [-0.05, 0) is 38.5 Å². The summed E-state index contributed by atoms with van der Waals surface area (Å²) in [6, 6.07) is 0. The van der Waals surface area contributed by atoms with Crippen LogP contribution in [0.25, 0.3) is 0 Å². The molecule has 0 radical (unpaired) electrons. The zero-order valence-electron chi connectivity index (χ0n) is 10.9. The van der Waals surface area contributed by atoms with E-state index in [9.17, 15) is 0 Å². The first-order valence-corrected chi connectivity index (χ1v) is 8.16. The van der Waals surface area contributed by atoms with Crippen molar-refractivity contribution in [1.29, 1.82) is 0 Å². The van der Waals surface area contributed by atoms with E-state index in [0.29, 0.717) is 8.64 Å². The smallest absolute Gasteiger partial charge is 0.411 e. The van der Waals surface area contributed by atoms with Gasteiger partial charge in [-0.1, -0.05) is 8.64 Å². The van der Waals surface area contributed by atoms with Crippen molar-refractivity contribution >= 4 is 58.3 Å². The van der Waals surface area contributed by atoms with Crippen LogP contribution in [0.5, 0.6) is 0 Å². The van der Waals surface area contributed by atoms with Gasteiger partial charge in [-0.15, -0.1) is 0 Å². The van der Waals surface area contributed by atoms with Gasteiger partial charge < -0.3 is 59.5 Å². The fraction of sp³-hybridized carbons (Fsp3) is 0.833. The van der Waals surface area contributed by atoms with Crippen LogP contribution in [0, 0.1) is 0 Å². The second-order valence-corrected chi connectivity index (χ2v) is 6.69. The summed E-state index contributed by atoms with van der Waals surface area (Å²) in [7, 11) is 0. The van der Waals surface area contributed by atoms with Gasteiger partial charge in [-0.2, -0.15) is 0 Å². The van der Waals surface area contributed by atoms with E-state index < -0.39 is 0 Å². The number of hydrogen-bond donors (Lipinski definition) is 0. The number of nitrogens with zero attached hydrogens (tertiary/aromatic N) is 2. The number of likely N-dealkylation sites (tertiary alicyclic amines) is 2. The van der Waals surface area contributed by atoms with Crippen LogP contribution < -0.4 is 0 Å². The minimum Gasteiger partial charge on any atom is -0.411 e. The van der Waals surface area contributed by atoms with Gasteiger partial charge in [0.1, 0.15) is 0 Å². The Labute approximate surface area is 152 Å². The van der Waals surface area contributed by atoms with Gasteiger partial charge in [0.25, 0.3) is 0 Å². The molecule has 0 bridgehead atoms. The Bertz CT molecular complexity index is 249. The van der Waals surface area contributed by atoms with Crippen molar-refractivity contribution in [2.75, 3.05) is 26.2 Å². The van der Waals surface area contributed by atoms with E-state index in [4.69, 9.17) is 49.7 Å². The van der Waals surface area contributed by atoms with E-state index in [1.54, 1.807) is 0 Å². The third-order valence-corrected chi connectivity index (χ3v) is 4.26. The topological polar surface area (TPSA) is 6.48 Å². The predicted molar refractivity (Wildman–Crippen MR) is 90.8 cm³/mol. The molecule has 2 saturated heterocycles. The first kappa shape index (κ1) is 19.9. The van der Waals surface area contributed by atoms with E-state index in [0.717, 1.165) is 26.2 Å². The van der Waals surface area contributed by atoms with Gasteiger partial charge >= 0.3 is 20.4 Å². The standard InChI is InChI=1S/2C6H11NS2.Pd/c2*8-6(9)7-4-2-1-3-5-7;/h2*1-5H2,(H,8,9);/q;;+2/p-2. The zero-order chi connectivity index (χ0) is 13.4. The largest absolute Gasteiger partial charge is 2.00 e. The molecule has 19 heavy (non-hydrogen) atoms. The number of piperidine rings is 2. The van der Waals surface area contributed by atoms with Crippen molar-refractivity contribution < 1.29 is 20.4 Å². The molecule has 0 unspecified atom stereocenters. The van der Waals surface area contributed by atoms with E-state index in [-0.39, 0.29) is 20.4 Å². The Morgan fingerprint density at radius 1 is 0.632 bits per heavy atom. The summed E-state index contributed by atoms with van der Waals surface area (Å²) < 4.78 is 1.30. The molecule has 2 aliphatic rings. The SMILES string of the molecule is S=C([S-])N1CCCCC1.S=C([S-])N1CCCCC1.[Pd+2]. The van der Waals surface area contributed by atoms with Gasteiger partial charge in [0, 0.05) is 26.2 Å². The maximum Gasteiger partial charge on any atom is 2.00 e. The van der Waals surface area contributed by atoms with Crippen LogP contribution in [0.4, 0.5) is 0 Å². The minimum absolute atomic E-state index is 0. The number of hydrogen-bond acceptors (Lipinski definition) is 4. The Kier molecular flexibility index (Phi) is 12.1. The fourth-order valence-electron chi connectivity index (χ4n) is 2.15. The third kappa shape index (κ3) is 8.69. The summed E-state index contributed by atoms with van der Waals surface area (Å²) in [6.45, 7) is 4.34. The molecule has 2 heterocycles. The fourth-order valence-corrected chi connectivity index (χ4v) is 2.88. The van der Waals surface area contributed by atoms with Crippen molar-refractivity contribution in [3.63, 3.8) is 0 Å². The predicted octanol–water partition coefficient (Wildman–Crippen LogP) is 2.61. The summed E-state index contributed by atoms with van der Waals surface area (Å²) in [5.41, 5.74) is 0. The first-order chi connectivity index (χ1) is 8.61. The van der Waals surface area contributed by atoms with Crippen molar-refractivity contribution in [3.8, 4) is 0 Å². The van der Waals surface area contributed by atoms with E-state index in [1.165, 1.54) is 38.5 Å². The summed E-state index contributed by atoms with van der Waals surface area (Å²) >= 11 is 19.4. The van der Waals surface area contributed by atoms with E-state index in [2.05, 4.69) is 9.80 Å². The average molecular weight is 427 g/mol. The van der Waals surface area contributed by atoms with Crippen molar-refractivity contribution in [3.05, 3.63) is 0 Å². The summed E-state index contributed by atoms with van der Waals surface area (Å²) in [4.78, 5) is 4.21. The Morgan fingerprint density at radius 3 is 1.05 bits per heavy atom. The van der Waals surface area contributed by atoms with Crippen molar-refractivity contribution in [2.45, 2.75) is 38.5 Å². The molecule has 2 rings (SSSR count). The van der Waals surface area contributed by atoms with Crippen LogP contribution in [0.1, 0.15) is 38.5 Å². The molecule has 0 aromatic heterocycles. The molecule has 2 aliphatic heterocycles. The summed E-state index contributed by atoms with van der Waals surface area (Å²) in [5.74, 6) is 0. The van der Waals surface area contributed by atoms with E-state index in [1.807, 2.05) is 0 Å². The molecule has 0 amide bonds. The summed E-state index contributed by atoms with van der Waals surface area (Å²) in [5, 5.41) is 0.